The van der Waals surface area contributed by atoms with Crippen molar-refractivity contribution in [1.82, 2.24) is 9.78 Å². The first-order valence-corrected chi connectivity index (χ1v) is 6.61. The van der Waals surface area contributed by atoms with Crippen LogP contribution in [-0.2, 0) is 12.9 Å². The van der Waals surface area contributed by atoms with Gasteiger partial charge < -0.3 is 4.90 Å². The standard InChI is InChI=1S/C12H20ClN3/c1-10-11(9-13)12(15(2)14-10)16-7-5-3-4-6-8-16/h3-9H2,1-2H3. The summed E-state index contributed by atoms with van der Waals surface area (Å²) in [4.78, 5) is 2.45. The molecule has 0 N–H and O–H groups in total. The third kappa shape index (κ3) is 2.19. The van der Waals surface area contributed by atoms with Gasteiger partial charge in [0.05, 0.1) is 11.6 Å². The van der Waals surface area contributed by atoms with E-state index in [0.717, 1.165) is 18.8 Å². The van der Waals surface area contributed by atoms with Crippen LogP contribution in [0.2, 0.25) is 0 Å². The smallest absolute Gasteiger partial charge is 0.131 e. The van der Waals surface area contributed by atoms with E-state index in [-0.39, 0.29) is 0 Å². The van der Waals surface area contributed by atoms with Gasteiger partial charge in [-0.15, -0.1) is 11.6 Å². The minimum Gasteiger partial charge on any atom is -0.357 e. The number of rotatable bonds is 2. The fourth-order valence-electron chi connectivity index (χ4n) is 2.52. The SMILES string of the molecule is Cc1nn(C)c(N2CCCCCC2)c1CCl. The molecule has 1 fully saturated rings. The van der Waals surface area contributed by atoms with Crippen LogP contribution in [0.3, 0.4) is 0 Å². The van der Waals surface area contributed by atoms with Gasteiger partial charge in [-0.3, -0.25) is 4.68 Å². The Balaban J connectivity index is 2.29. The molecule has 4 heteroatoms. The molecule has 2 heterocycles. The van der Waals surface area contributed by atoms with E-state index in [1.54, 1.807) is 0 Å². The maximum Gasteiger partial charge on any atom is 0.131 e. The van der Waals surface area contributed by atoms with Gasteiger partial charge in [0, 0.05) is 25.7 Å². The van der Waals surface area contributed by atoms with Gasteiger partial charge in [0.25, 0.3) is 0 Å². The van der Waals surface area contributed by atoms with Gasteiger partial charge in [0.15, 0.2) is 0 Å². The molecule has 0 radical (unpaired) electrons. The molecular formula is C12H20ClN3. The molecule has 3 nitrogen and oxygen atoms in total. The number of hydrogen-bond donors (Lipinski definition) is 0. The molecule has 16 heavy (non-hydrogen) atoms. The first kappa shape index (κ1) is 11.8. The quantitative estimate of drug-likeness (QED) is 0.743. The number of aromatic nitrogens is 2. The Labute approximate surface area is 102 Å². The van der Waals surface area contributed by atoms with Crippen LogP contribution in [0.25, 0.3) is 0 Å². The van der Waals surface area contributed by atoms with Crippen molar-refractivity contribution >= 4 is 17.4 Å². The van der Waals surface area contributed by atoms with Crippen molar-refractivity contribution in [2.75, 3.05) is 18.0 Å². The van der Waals surface area contributed by atoms with Crippen molar-refractivity contribution in [3.63, 3.8) is 0 Å². The third-order valence-electron chi connectivity index (χ3n) is 3.35. The number of alkyl halides is 1. The lowest BCUT2D eigenvalue weighted by Gasteiger charge is -2.23. The summed E-state index contributed by atoms with van der Waals surface area (Å²) in [6.07, 6.45) is 5.27. The minimum atomic E-state index is 0.561. The van der Waals surface area contributed by atoms with Gasteiger partial charge in [0.2, 0.25) is 0 Å². The zero-order valence-corrected chi connectivity index (χ0v) is 10.9. The van der Waals surface area contributed by atoms with Gasteiger partial charge in [0.1, 0.15) is 5.82 Å². The van der Waals surface area contributed by atoms with Crippen molar-refractivity contribution in [3.05, 3.63) is 11.3 Å². The number of anilines is 1. The molecule has 2 rings (SSSR count). The summed E-state index contributed by atoms with van der Waals surface area (Å²) in [6, 6.07) is 0. The summed E-state index contributed by atoms with van der Waals surface area (Å²) in [5, 5.41) is 4.48. The highest BCUT2D eigenvalue weighted by atomic mass is 35.5. The monoisotopic (exact) mass is 241 g/mol. The number of nitrogens with zero attached hydrogens (tertiary/aromatic N) is 3. The summed E-state index contributed by atoms with van der Waals surface area (Å²) in [5.74, 6) is 1.79. The highest BCUT2D eigenvalue weighted by Crippen LogP contribution is 2.26. The molecule has 0 aliphatic carbocycles. The Morgan fingerprint density at radius 2 is 1.81 bits per heavy atom. The zero-order chi connectivity index (χ0) is 11.5. The average molecular weight is 242 g/mol. The second kappa shape index (κ2) is 5.09. The van der Waals surface area contributed by atoms with Crippen LogP contribution >= 0.6 is 11.6 Å². The lowest BCUT2D eigenvalue weighted by Crippen LogP contribution is -2.27. The normalized spacial score (nSPS) is 17.6. The third-order valence-corrected chi connectivity index (χ3v) is 3.62. The highest BCUT2D eigenvalue weighted by Gasteiger charge is 2.19. The zero-order valence-electron chi connectivity index (χ0n) is 10.2. The summed E-state index contributed by atoms with van der Waals surface area (Å²) >= 11 is 6.03. The van der Waals surface area contributed by atoms with E-state index >= 15 is 0 Å². The Bertz CT molecular complexity index is 351. The second-order valence-electron chi connectivity index (χ2n) is 4.55. The van der Waals surface area contributed by atoms with E-state index in [1.807, 2.05) is 18.7 Å². The highest BCUT2D eigenvalue weighted by molar-refractivity contribution is 6.17. The van der Waals surface area contributed by atoms with Crippen LogP contribution in [0.5, 0.6) is 0 Å². The molecule has 1 aliphatic rings. The second-order valence-corrected chi connectivity index (χ2v) is 4.81. The molecule has 0 amide bonds. The topological polar surface area (TPSA) is 21.1 Å². The van der Waals surface area contributed by atoms with E-state index in [4.69, 9.17) is 11.6 Å². The van der Waals surface area contributed by atoms with Gasteiger partial charge in [-0.1, -0.05) is 12.8 Å². The summed E-state index contributed by atoms with van der Waals surface area (Å²) < 4.78 is 1.98. The largest absolute Gasteiger partial charge is 0.357 e. The fourth-order valence-corrected chi connectivity index (χ4v) is 2.84. The molecule has 90 valence electrons. The Kier molecular flexibility index (Phi) is 3.74. The van der Waals surface area contributed by atoms with Crippen LogP contribution in [-0.4, -0.2) is 22.9 Å². The van der Waals surface area contributed by atoms with E-state index < -0.39 is 0 Å². The van der Waals surface area contributed by atoms with E-state index in [2.05, 4.69) is 10.00 Å². The molecule has 0 aromatic carbocycles. The van der Waals surface area contributed by atoms with Crippen molar-refractivity contribution in [2.24, 2.45) is 7.05 Å². The molecule has 1 aromatic heterocycles. The van der Waals surface area contributed by atoms with Gasteiger partial charge in [-0.2, -0.15) is 5.10 Å². The van der Waals surface area contributed by atoms with Crippen molar-refractivity contribution < 1.29 is 0 Å². The van der Waals surface area contributed by atoms with Crippen LogP contribution < -0.4 is 4.90 Å². The molecule has 0 saturated carbocycles. The molecule has 1 aromatic rings. The molecule has 0 bridgehead atoms. The first-order valence-electron chi connectivity index (χ1n) is 6.07. The van der Waals surface area contributed by atoms with Crippen LogP contribution in [0.15, 0.2) is 0 Å². The maximum absolute atomic E-state index is 6.03. The lowest BCUT2D eigenvalue weighted by molar-refractivity contribution is 0.696. The Morgan fingerprint density at radius 1 is 1.19 bits per heavy atom. The summed E-state index contributed by atoms with van der Waals surface area (Å²) in [7, 11) is 2.02. The van der Waals surface area contributed by atoms with Gasteiger partial charge >= 0.3 is 0 Å². The van der Waals surface area contributed by atoms with Gasteiger partial charge in [-0.05, 0) is 19.8 Å². The first-order chi connectivity index (χ1) is 7.74. The minimum absolute atomic E-state index is 0.561. The summed E-state index contributed by atoms with van der Waals surface area (Å²) in [6.45, 7) is 4.32. The Hall–Kier alpha value is -0.700. The number of hydrogen-bond acceptors (Lipinski definition) is 2. The van der Waals surface area contributed by atoms with Crippen LogP contribution in [0, 0.1) is 6.92 Å². The van der Waals surface area contributed by atoms with Crippen molar-refractivity contribution in [3.8, 4) is 0 Å². The van der Waals surface area contributed by atoms with Crippen LogP contribution in [0.1, 0.15) is 36.9 Å². The number of halogens is 1. The molecule has 1 saturated heterocycles. The predicted octanol–water partition coefficient (Wildman–Crippen LogP) is 2.85. The molecular weight excluding hydrogens is 222 g/mol. The van der Waals surface area contributed by atoms with Crippen molar-refractivity contribution in [2.45, 2.75) is 38.5 Å². The van der Waals surface area contributed by atoms with E-state index in [0.29, 0.717) is 5.88 Å². The lowest BCUT2D eigenvalue weighted by atomic mass is 10.2. The summed E-state index contributed by atoms with van der Waals surface area (Å²) in [5.41, 5.74) is 2.27. The van der Waals surface area contributed by atoms with E-state index in [9.17, 15) is 0 Å². The van der Waals surface area contributed by atoms with Crippen LogP contribution in [0.4, 0.5) is 5.82 Å². The molecule has 0 spiro atoms. The average Bonchev–Trinajstić information content (AvgIpc) is 2.48. The maximum atomic E-state index is 6.03. The fraction of sp³-hybridized carbons (Fsp3) is 0.750. The molecule has 0 atom stereocenters. The van der Waals surface area contributed by atoms with Gasteiger partial charge in [-0.25, -0.2) is 0 Å². The van der Waals surface area contributed by atoms with Crippen molar-refractivity contribution in [1.29, 1.82) is 0 Å². The number of aryl methyl sites for hydroxylation is 2. The molecule has 0 unspecified atom stereocenters. The molecule has 1 aliphatic heterocycles. The Morgan fingerprint density at radius 3 is 2.38 bits per heavy atom. The van der Waals surface area contributed by atoms with E-state index in [1.165, 1.54) is 37.1 Å². The predicted molar refractivity (Wildman–Crippen MR) is 68.2 cm³/mol.